The number of hydrogen-bond donors (Lipinski definition) is 0. The molecule has 1 amide bonds. The fourth-order valence-corrected chi connectivity index (χ4v) is 4.56. The van der Waals surface area contributed by atoms with Crippen LogP contribution in [0, 0.1) is 0 Å². The molecule has 156 valence electrons. The van der Waals surface area contributed by atoms with Gasteiger partial charge in [0.1, 0.15) is 0 Å². The number of unbranched alkanes of at least 4 members (excludes halogenated alkanes) is 2. The van der Waals surface area contributed by atoms with Crippen LogP contribution >= 0.6 is 0 Å². The molecule has 0 N–H and O–H groups in total. The second kappa shape index (κ2) is 9.90. The summed E-state index contributed by atoms with van der Waals surface area (Å²) >= 11 is 0. The summed E-state index contributed by atoms with van der Waals surface area (Å²) in [5, 5.41) is 2.18. The molecule has 0 saturated carbocycles. The maximum Gasteiger partial charge on any atom is 0.254 e. The van der Waals surface area contributed by atoms with Crippen LogP contribution in [0.25, 0.3) is 10.8 Å². The molecule has 4 rings (SSSR count). The predicted octanol–water partition coefficient (Wildman–Crippen LogP) is 5.40. The molecule has 3 aromatic rings. The Bertz CT molecular complexity index is 964. The smallest absolute Gasteiger partial charge is 0.254 e. The highest BCUT2D eigenvalue weighted by Crippen LogP contribution is 2.22. The molecule has 1 atom stereocenters. The molecule has 1 aliphatic rings. The SMILES string of the molecule is CC1CN(C(=O)c2cccc3ccccc23)CCN1CCCCCc1ccccc1. The van der Waals surface area contributed by atoms with Crippen LogP contribution in [0.2, 0.25) is 0 Å². The van der Waals surface area contributed by atoms with E-state index in [1.54, 1.807) is 0 Å². The maximum atomic E-state index is 13.2. The lowest BCUT2D eigenvalue weighted by Gasteiger charge is -2.40. The van der Waals surface area contributed by atoms with Crippen molar-refractivity contribution < 1.29 is 4.79 Å². The largest absolute Gasteiger partial charge is 0.336 e. The Kier molecular flexibility index (Phi) is 6.81. The Morgan fingerprint density at radius 1 is 0.867 bits per heavy atom. The van der Waals surface area contributed by atoms with Crippen molar-refractivity contribution in [2.45, 2.75) is 38.6 Å². The van der Waals surface area contributed by atoms with Gasteiger partial charge in [0.15, 0.2) is 0 Å². The Labute approximate surface area is 180 Å². The van der Waals surface area contributed by atoms with E-state index < -0.39 is 0 Å². The fraction of sp³-hybridized carbons (Fsp3) is 0.370. The van der Waals surface area contributed by atoms with Crippen molar-refractivity contribution in [2.24, 2.45) is 0 Å². The summed E-state index contributed by atoms with van der Waals surface area (Å²) in [7, 11) is 0. The third kappa shape index (κ3) is 4.91. The van der Waals surface area contributed by atoms with Gasteiger partial charge in [-0.05, 0) is 55.1 Å². The van der Waals surface area contributed by atoms with Crippen LogP contribution in [0.4, 0.5) is 0 Å². The van der Waals surface area contributed by atoms with Crippen LogP contribution in [-0.2, 0) is 6.42 Å². The molecule has 0 bridgehead atoms. The Morgan fingerprint density at radius 3 is 2.47 bits per heavy atom. The summed E-state index contributed by atoms with van der Waals surface area (Å²) in [5.41, 5.74) is 2.26. The normalized spacial score (nSPS) is 17.4. The summed E-state index contributed by atoms with van der Waals surface area (Å²) in [6.45, 7) is 5.98. The van der Waals surface area contributed by atoms with Crippen molar-refractivity contribution in [3.63, 3.8) is 0 Å². The number of hydrogen-bond acceptors (Lipinski definition) is 2. The molecule has 3 heteroatoms. The number of nitrogens with zero attached hydrogens (tertiary/aromatic N) is 2. The zero-order valence-corrected chi connectivity index (χ0v) is 18.0. The van der Waals surface area contributed by atoms with Gasteiger partial charge in [-0.25, -0.2) is 0 Å². The molecule has 1 unspecified atom stereocenters. The number of fused-ring (bicyclic) bond motifs is 1. The van der Waals surface area contributed by atoms with Gasteiger partial charge in [-0.2, -0.15) is 0 Å². The molecule has 30 heavy (non-hydrogen) atoms. The van der Waals surface area contributed by atoms with E-state index in [2.05, 4.69) is 60.4 Å². The number of amides is 1. The third-order valence-corrected chi connectivity index (χ3v) is 6.33. The first-order valence-corrected chi connectivity index (χ1v) is 11.3. The molecule has 1 saturated heterocycles. The van der Waals surface area contributed by atoms with Gasteiger partial charge in [0.05, 0.1) is 0 Å². The van der Waals surface area contributed by atoms with Crippen molar-refractivity contribution in [2.75, 3.05) is 26.2 Å². The fourth-order valence-electron chi connectivity index (χ4n) is 4.56. The summed E-state index contributed by atoms with van der Waals surface area (Å²) in [6, 6.07) is 25.4. The minimum absolute atomic E-state index is 0.168. The quantitative estimate of drug-likeness (QED) is 0.496. The first-order chi connectivity index (χ1) is 14.7. The van der Waals surface area contributed by atoms with Crippen LogP contribution in [-0.4, -0.2) is 47.9 Å². The van der Waals surface area contributed by atoms with Crippen molar-refractivity contribution in [1.29, 1.82) is 0 Å². The van der Waals surface area contributed by atoms with E-state index in [-0.39, 0.29) is 5.91 Å². The van der Waals surface area contributed by atoms with Gasteiger partial charge in [0.2, 0.25) is 0 Å². The van der Waals surface area contributed by atoms with E-state index >= 15 is 0 Å². The average molecular weight is 401 g/mol. The number of carbonyl (C=O) groups excluding carboxylic acids is 1. The zero-order valence-electron chi connectivity index (χ0n) is 18.0. The lowest BCUT2D eigenvalue weighted by Crippen LogP contribution is -2.53. The first kappa shape index (κ1) is 20.6. The lowest BCUT2D eigenvalue weighted by molar-refractivity contribution is 0.0512. The molecular formula is C27H32N2O. The number of piperazine rings is 1. The topological polar surface area (TPSA) is 23.6 Å². The minimum atomic E-state index is 0.168. The number of benzene rings is 3. The number of rotatable bonds is 7. The number of carbonyl (C=O) groups is 1. The highest BCUT2D eigenvalue weighted by atomic mass is 16.2. The Balaban J connectivity index is 1.26. The summed E-state index contributed by atoms with van der Waals surface area (Å²) < 4.78 is 0. The monoisotopic (exact) mass is 400 g/mol. The van der Waals surface area contributed by atoms with E-state index in [1.807, 2.05) is 29.2 Å². The number of aryl methyl sites for hydroxylation is 1. The third-order valence-electron chi connectivity index (χ3n) is 6.33. The van der Waals surface area contributed by atoms with E-state index in [4.69, 9.17) is 0 Å². The van der Waals surface area contributed by atoms with Gasteiger partial charge in [0, 0.05) is 31.2 Å². The van der Waals surface area contributed by atoms with E-state index in [1.165, 1.54) is 31.2 Å². The standard InChI is InChI=1S/C27H32N2O/c1-22-21-29(27(30)26-17-10-15-24-14-7-8-16-25(24)26)20-19-28(22)18-9-3-6-13-23-11-4-2-5-12-23/h2,4-5,7-8,10-12,14-17,22H,3,6,9,13,18-21H2,1H3. The molecule has 0 aromatic heterocycles. The van der Waals surface area contributed by atoms with E-state index in [9.17, 15) is 4.79 Å². The molecule has 0 spiro atoms. The van der Waals surface area contributed by atoms with Crippen LogP contribution in [0.5, 0.6) is 0 Å². The minimum Gasteiger partial charge on any atom is -0.336 e. The molecule has 3 aromatic carbocycles. The lowest BCUT2D eigenvalue weighted by atomic mass is 10.0. The molecule has 0 aliphatic carbocycles. The summed E-state index contributed by atoms with van der Waals surface area (Å²) in [5.74, 6) is 0.168. The molecule has 1 aliphatic heterocycles. The average Bonchev–Trinajstić information content (AvgIpc) is 2.79. The summed E-state index contributed by atoms with van der Waals surface area (Å²) in [4.78, 5) is 17.8. The van der Waals surface area contributed by atoms with E-state index in [0.29, 0.717) is 6.04 Å². The van der Waals surface area contributed by atoms with Crippen molar-refractivity contribution in [3.05, 3.63) is 83.9 Å². The molecule has 1 fully saturated rings. The molecular weight excluding hydrogens is 368 g/mol. The highest BCUT2D eigenvalue weighted by molar-refractivity contribution is 6.07. The Hall–Kier alpha value is -2.65. The van der Waals surface area contributed by atoms with Gasteiger partial charge < -0.3 is 4.90 Å². The van der Waals surface area contributed by atoms with Crippen molar-refractivity contribution >= 4 is 16.7 Å². The van der Waals surface area contributed by atoms with Crippen LogP contribution in [0.15, 0.2) is 72.8 Å². The van der Waals surface area contributed by atoms with Crippen LogP contribution < -0.4 is 0 Å². The van der Waals surface area contributed by atoms with Gasteiger partial charge in [-0.3, -0.25) is 9.69 Å². The second-order valence-electron chi connectivity index (χ2n) is 8.46. The molecule has 3 nitrogen and oxygen atoms in total. The highest BCUT2D eigenvalue weighted by Gasteiger charge is 2.27. The maximum absolute atomic E-state index is 13.2. The van der Waals surface area contributed by atoms with Gasteiger partial charge in [-0.1, -0.05) is 73.2 Å². The van der Waals surface area contributed by atoms with Gasteiger partial charge in [-0.15, -0.1) is 0 Å². The predicted molar refractivity (Wildman–Crippen MR) is 125 cm³/mol. The summed E-state index contributed by atoms with van der Waals surface area (Å²) in [6.07, 6.45) is 4.91. The second-order valence-corrected chi connectivity index (χ2v) is 8.46. The molecule has 1 heterocycles. The van der Waals surface area contributed by atoms with Crippen LogP contribution in [0.3, 0.4) is 0 Å². The first-order valence-electron chi connectivity index (χ1n) is 11.3. The van der Waals surface area contributed by atoms with Gasteiger partial charge in [0.25, 0.3) is 5.91 Å². The zero-order chi connectivity index (χ0) is 20.8. The molecule has 0 radical (unpaired) electrons. The van der Waals surface area contributed by atoms with E-state index in [0.717, 1.165) is 42.5 Å². The van der Waals surface area contributed by atoms with Crippen molar-refractivity contribution in [3.8, 4) is 0 Å². The van der Waals surface area contributed by atoms with Gasteiger partial charge >= 0.3 is 0 Å². The Morgan fingerprint density at radius 2 is 1.63 bits per heavy atom. The van der Waals surface area contributed by atoms with Crippen molar-refractivity contribution in [1.82, 2.24) is 9.80 Å². The van der Waals surface area contributed by atoms with Crippen LogP contribution in [0.1, 0.15) is 42.1 Å².